The lowest BCUT2D eigenvalue weighted by Gasteiger charge is -1.91. The summed E-state index contributed by atoms with van der Waals surface area (Å²) in [6.45, 7) is 0. The highest BCUT2D eigenvalue weighted by Gasteiger charge is 2.10. The number of hydrogen-bond acceptors (Lipinski definition) is 2. The molecule has 1 heterocycles. The minimum absolute atomic E-state index is 0.167. The molecule has 7 heavy (non-hydrogen) atoms. The van der Waals surface area contributed by atoms with E-state index >= 15 is 0 Å². The minimum atomic E-state index is -1.91. The van der Waals surface area contributed by atoms with Crippen LogP contribution in [0.15, 0.2) is 23.2 Å². The summed E-state index contributed by atoms with van der Waals surface area (Å²) in [5.74, 6) is 0. The number of aliphatic hydroxyl groups is 1. The molecule has 2 N–H and O–H groups in total. The van der Waals surface area contributed by atoms with Crippen LogP contribution in [-0.4, -0.2) is 18.9 Å². The second kappa shape index (κ2) is 1.52. The summed E-state index contributed by atoms with van der Waals surface area (Å²) in [6.07, 6.45) is 3.20. The van der Waals surface area contributed by atoms with Crippen molar-refractivity contribution in [2.45, 2.75) is 0 Å². The summed E-state index contributed by atoms with van der Waals surface area (Å²) >= 11 is 0. The molecule has 0 aromatic rings. The third kappa shape index (κ3) is 0.729. The van der Waals surface area contributed by atoms with Gasteiger partial charge in [-0.15, -0.1) is 0 Å². The monoisotopic (exact) mass is 114 g/mol. The fraction of sp³-hybridized carbons (Fsp3) is 0. The van der Waals surface area contributed by atoms with Gasteiger partial charge >= 0.3 is 0 Å². The van der Waals surface area contributed by atoms with Gasteiger partial charge in [-0.3, -0.25) is 0 Å². The first-order chi connectivity index (χ1) is 3.30. The molecule has 2 nitrogen and oxygen atoms in total. The maximum absolute atomic E-state index is 8.73. The average molecular weight is 114 g/mol. The zero-order valence-corrected chi connectivity index (χ0v) is 4.86. The van der Waals surface area contributed by atoms with Crippen LogP contribution in [0, 0.1) is 0 Å². The van der Waals surface area contributed by atoms with Gasteiger partial charge < -0.3 is 9.90 Å². The van der Waals surface area contributed by atoms with Crippen LogP contribution in [0.5, 0.6) is 0 Å². The summed E-state index contributed by atoms with van der Waals surface area (Å²) in [5, 5.41) is 8.77. The van der Waals surface area contributed by atoms with Gasteiger partial charge in [-0.25, -0.2) is 0 Å². The normalized spacial score (nSPS) is 28.1. The van der Waals surface area contributed by atoms with Gasteiger partial charge in [0.25, 0.3) is 9.04 Å². The van der Waals surface area contributed by atoms with E-state index in [1.165, 1.54) is 6.08 Å². The number of aliphatic hydroxyl groups excluding tert-OH is 1. The molecule has 0 amide bonds. The maximum Gasteiger partial charge on any atom is 0.268 e. The molecule has 1 aliphatic rings. The average Bonchev–Trinajstić information content (AvgIpc) is 1.91. The highest BCUT2D eigenvalue weighted by atomic mass is 28.3. The van der Waals surface area contributed by atoms with E-state index < -0.39 is 9.04 Å². The Morgan fingerprint density at radius 2 is 2.29 bits per heavy atom. The fourth-order valence-corrected chi connectivity index (χ4v) is 1.28. The van der Waals surface area contributed by atoms with Crippen molar-refractivity contribution in [3.05, 3.63) is 23.2 Å². The molecule has 1 rings (SSSR count). The zero-order chi connectivity index (χ0) is 5.28. The highest BCUT2D eigenvalue weighted by molar-refractivity contribution is 6.64. The van der Waals surface area contributed by atoms with Crippen LogP contribution in [0.4, 0.5) is 0 Å². The first kappa shape index (κ1) is 4.61. The summed E-state index contributed by atoms with van der Waals surface area (Å²) in [7, 11) is -1.91. The Morgan fingerprint density at radius 1 is 1.57 bits per heavy atom. The Morgan fingerprint density at radius 3 is 2.43 bits per heavy atom. The van der Waals surface area contributed by atoms with E-state index in [0.29, 0.717) is 0 Å². The van der Waals surface area contributed by atoms with Gasteiger partial charge in [0.05, 0.1) is 0 Å². The topological polar surface area (TPSA) is 40.5 Å². The molecule has 1 aliphatic heterocycles. The third-order valence-corrected chi connectivity index (χ3v) is 2.25. The summed E-state index contributed by atoms with van der Waals surface area (Å²) < 4.78 is 0. The van der Waals surface area contributed by atoms with E-state index in [1.54, 1.807) is 11.8 Å². The predicted octanol–water partition coefficient (Wildman–Crippen LogP) is -0.207. The van der Waals surface area contributed by atoms with Crippen LogP contribution in [-0.2, 0) is 0 Å². The standard InChI is InChI=1S/C4H6O2Si/c5-4-2-1-3-7(4)6/h1-3,5-7H. The molecular formula is C4H6O2Si. The Bertz CT molecular complexity index is 128. The molecule has 0 radical (unpaired) electrons. The molecule has 0 aliphatic carbocycles. The van der Waals surface area contributed by atoms with Crippen molar-refractivity contribution in [2.24, 2.45) is 0 Å². The van der Waals surface area contributed by atoms with Crippen molar-refractivity contribution in [2.75, 3.05) is 0 Å². The van der Waals surface area contributed by atoms with Crippen LogP contribution in [0.2, 0.25) is 0 Å². The quantitative estimate of drug-likeness (QED) is 0.428. The molecule has 0 spiro atoms. The van der Waals surface area contributed by atoms with Crippen molar-refractivity contribution in [3.63, 3.8) is 0 Å². The minimum Gasteiger partial charge on any atom is -0.514 e. The highest BCUT2D eigenvalue weighted by Crippen LogP contribution is 2.01. The largest absolute Gasteiger partial charge is 0.514 e. The summed E-state index contributed by atoms with van der Waals surface area (Å²) in [6, 6.07) is 0. The number of rotatable bonds is 0. The SMILES string of the molecule is OC1=CC=C[SiH]1O. The number of hydrogen-bond donors (Lipinski definition) is 2. The van der Waals surface area contributed by atoms with Crippen molar-refractivity contribution in [1.29, 1.82) is 0 Å². The van der Waals surface area contributed by atoms with Crippen molar-refractivity contribution in [3.8, 4) is 0 Å². The van der Waals surface area contributed by atoms with Gasteiger partial charge in [0.15, 0.2) is 0 Å². The van der Waals surface area contributed by atoms with Gasteiger partial charge in [-0.2, -0.15) is 0 Å². The smallest absolute Gasteiger partial charge is 0.268 e. The molecule has 0 saturated carbocycles. The molecule has 1 atom stereocenters. The summed E-state index contributed by atoms with van der Waals surface area (Å²) in [4.78, 5) is 8.73. The van der Waals surface area contributed by atoms with E-state index in [2.05, 4.69) is 0 Å². The van der Waals surface area contributed by atoms with Crippen LogP contribution in [0.1, 0.15) is 0 Å². The van der Waals surface area contributed by atoms with Crippen molar-refractivity contribution in [1.82, 2.24) is 0 Å². The fourth-order valence-electron chi connectivity index (χ4n) is 0.457. The Balaban J connectivity index is 2.69. The molecule has 0 aromatic heterocycles. The van der Waals surface area contributed by atoms with Crippen molar-refractivity contribution < 1.29 is 9.90 Å². The van der Waals surface area contributed by atoms with E-state index in [1.807, 2.05) is 0 Å². The molecule has 0 fully saturated rings. The summed E-state index contributed by atoms with van der Waals surface area (Å²) in [5.41, 5.74) is 1.65. The molecule has 0 saturated heterocycles. The van der Waals surface area contributed by atoms with Gasteiger partial charge in [-0.05, 0) is 6.08 Å². The second-order valence-corrected chi connectivity index (χ2v) is 3.29. The first-order valence-electron chi connectivity index (χ1n) is 2.06. The molecular weight excluding hydrogens is 108 g/mol. The Kier molecular flexibility index (Phi) is 0.999. The lowest BCUT2D eigenvalue weighted by molar-refractivity contribution is 0.426. The third-order valence-electron chi connectivity index (χ3n) is 0.863. The van der Waals surface area contributed by atoms with Gasteiger partial charge in [0, 0.05) is 0 Å². The maximum atomic E-state index is 8.73. The van der Waals surface area contributed by atoms with Gasteiger partial charge in [0.2, 0.25) is 0 Å². The lowest BCUT2D eigenvalue weighted by atomic mass is 10.6. The predicted molar refractivity (Wildman–Crippen MR) is 29.2 cm³/mol. The Hall–Kier alpha value is -0.543. The van der Waals surface area contributed by atoms with Crippen LogP contribution in [0.25, 0.3) is 0 Å². The van der Waals surface area contributed by atoms with E-state index in [-0.39, 0.29) is 5.38 Å². The molecule has 38 valence electrons. The van der Waals surface area contributed by atoms with Gasteiger partial charge in [0.1, 0.15) is 5.38 Å². The van der Waals surface area contributed by atoms with Crippen LogP contribution in [0.3, 0.4) is 0 Å². The second-order valence-electron chi connectivity index (χ2n) is 1.42. The molecule has 0 bridgehead atoms. The van der Waals surface area contributed by atoms with E-state index in [9.17, 15) is 0 Å². The molecule has 0 aromatic carbocycles. The Labute approximate surface area is 43.1 Å². The molecule has 3 heteroatoms. The number of allylic oxidation sites excluding steroid dienone is 2. The van der Waals surface area contributed by atoms with E-state index in [0.717, 1.165) is 0 Å². The van der Waals surface area contributed by atoms with Crippen LogP contribution < -0.4 is 0 Å². The zero-order valence-electron chi connectivity index (χ0n) is 3.70. The van der Waals surface area contributed by atoms with Crippen molar-refractivity contribution >= 4 is 9.04 Å². The first-order valence-corrected chi connectivity index (χ1v) is 3.82. The van der Waals surface area contributed by atoms with Gasteiger partial charge in [-0.1, -0.05) is 11.8 Å². The lowest BCUT2D eigenvalue weighted by Crippen LogP contribution is -2.08. The van der Waals surface area contributed by atoms with E-state index in [4.69, 9.17) is 9.90 Å². The molecule has 1 unspecified atom stereocenters. The van der Waals surface area contributed by atoms with Crippen LogP contribution >= 0.6 is 0 Å².